The summed E-state index contributed by atoms with van der Waals surface area (Å²) < 4.78 is 0. The maximum Gasteiger partial charge on any atom is 0.0426 e. The van der Waals surface area contributed by atoms with Crippen molar-refractivity contribution in [1.29, 1.82) is 0 Å². The predicted molar refractivity (Wildman–Crippen MR) is 75.5 cm³/mol. The summed E-state index contributed by atoms with van der Waals surface area (Å²) in [6, 6.07) is 10.0. The maximum absolute atomic E-state index is 6.03. The Morgan fingerprint density at radius 2 is 1.47 bits per heavy atom. The summed E-state index contributed by atoms with van der Waals surface area (Å²) in [5.74, 6) is 0. The molecule has 0 spiro atoms. The molecule has 2 aromatic rings. The van der Waals surface area contributed by atoms with Gasteiger partial charge in [0.1, 0.15) is 0 Å². The van der Waals surface area contributed by atoms with Crippen molar-refractivity contribution in [3.05, 3.63) is 52.0 Å². The van der Waals surface area contributed by atoms with Gasteiger partial charge in [0.05, 0.1) is 0 Å². The van der Waals surface area contributed by atoms with E-state index in [1.54, 1.807) is 6.07 Å². The smallest absolute Gasteiger partial charge is 0.0426 e. The van der Waals surface area contributed by atoms with Crippen LogP contribution in [0.1, 0.15) is 16.7 Å². The van der Waals surface area contributed by atoms with E-state index in [0.717, 1.165) is 11.3 Å². The van der Waals surface area contributed by atoms with E-state index in [2.05, 4.69) is 32.9 Å². The molecule has 1 nitrogen and oxygen atoms in total. The van der Waals surface area contributed by atoms with Gasteiger partial charge in [-0.3, -0.25) is 0 Å². The zero-order valence-electron chi connectivity index (χ0n) is 10.3. The molecule has 2 heteroatoms. The Morgan fingerprint density at radius 3 is 2.12 bits per heavy atom. The first-order valence-corrected chi connectivity index (χ1v) is 6.00. The lowest BCUT2D eigenvalue weighted by atomic mass is 9.95. The monoisotopic (exact) mass is 245 g/mol. The van der Waals surface area contributed by atoms with Crippen molar-refractivity contribution in [3.8, 4) is 11.1 Å². The van der Waals surface area contributed by atoms with Crippen molar-refractivity contribution in [2.24, 2.45) is 0 Å². The zero-order chi connectivity index (χ0) is 12.6. The van der Waals surface area contributed by atoms with Crippen molar-refractivity contribution in [1.82, 2.24) is 0 Å². The third kappa shape index (κ3) is 2.29. The Morgan fingerprint density at radius 1 is 0.824 bits per heavy atom. The lowest BCUT2D eigenvalue weighted by Gasteiger charge is -2.12. The van der Waals surface area contributed by atoms with E-state index in [-0.39, 0.29) is 0 Å². The van der Waals surface area contributed by atoms with Crippen molar-refractivity contribution in [2.75, 3.05) is 5.73 Å². The van der Waals surface area contributed by atoms with Gasteiger partial charge in [0, 0.05) is 16.3 Å². The number of benzene rings is 2. The molecular weight excluding hydrogens is 230 g/mol. The fourth-order valence-corrected chi connectivity index (χ4v) is 2.21. The highest BCUT2D eigenvalue weighted by Crippen LogP contribution is 2.32. The number of nitrogen functional groups attached to an aromatic ring is 1. The van der Waals surface area contributed by atoms with Gasteiger partial charge in [0.25, 0.3) is 0 Å². The van der Waals surface area contributed by atoms with Gasteiger partial charge in [-0.15, -0.1) is 0 Å². The molecule has 0 bridgehead atoms. The summed E-state index contributed by atoms with van der Waals surface area (Å²) in [5, 5.41) is 0.674. The van der Waals surface area contributed by atoms with Gasteiger partial charge in [-0.05, 0) is 55.2 Å². The van der Waals surface area contributed by atoms with Crippen LogP contribution in [0.2, 0.25) is 5.02 Å². The molecule has 0 aliphatic heterocycles. The Hall–Kier alpha value is -1.47. The van der Waals surface area contributed by atoms with E-state index in [1.807, 2.05) is 12.1 Å². The number of anilines is 1. The highest BCUT2D eigenvalue weighted by atomic mass is 35.5. The number of aryl methyl sites for hydroxylation is 3. The molecule has 0 fully saturated rings. The molecule has 0 saturated carbocycles. The average molecular weight is 246 g/mol. The van der Waals surface area contributed by atoms with Crippen LogP contribution in [0.25, 0.3) is 11.1 Å². The van der Waals surface area contributed by atoms with Crippen LogP contribution in [-0.2, 0) is 0 Å². The maximum atomic E-state index is 6.03. The molecule has 2 aromatic carbocycles. The molecule has 88 valence electrons. The molecule has 0 aliphatic rings. The number of nitrogens with two attached hydrogens (primary N) is 1. The van der Waals surface area contributed by atoms with E-state index < -0.39 is 0 Å². The molecule has 2 N–H and O–H groups in total. The minimum atomic E-state index is 0.674. The average Bonchev–Trinajstić information content (AvgIpc) is 2.24. The SMILES string of the molecule is Cc1cc(C)c(-c2ccc(Cl)cc2N)cc1C. The van der Waals surface area contributed by atoms with Crippen LogP contribution in [0.15, 0.2) is 30.3 Å². The number of hydrogen-bond acceptors (Lipinski definition) is 1. The second-order valence-corrected chi connectivity index (χ2v) is 4.92. The van der Waals surface area contributed by atoms with E-state index in [1.165, 1.54) is 22.3 Å². The first kappa shape index (κ1) is 12.0. The quantitative estimate of drug-likeness (QED) is 0.735. The standard InChI is InChI=1S/C15H16ClN/c1-9-6-11(3)14(7-10(9)2)13-5-4-12(16)8-15(13)17/h4-8H,17H2,1-3H3. The third-order valence-corrected chi connectivity index (χ3v) is 3.38. The predicted octanol–water partition coefficient (Wildman–Crippen LogP) is 4.51. The molecule has 17 heavy (non-hydrogen) atoms. The second kappa shape index (κ2) is 4.42. The van der Waals surface area contributed by atoms with E-state index in [4.69, 9.17) is 17.3 Å². The van der Waals surface area contributed by atoms with Crippen molar-refractivity contribution in [3.63, 3.8) is 0 Å². The molecule has 0 unspecified atom stereocenters. The number of rotatable bonds is 1. The highest BCUT2D eigenvalue weighted by Gasteiger charge is 2.08. The molecule has 0 atom stereocenters. The van der Waals surface area contributed by atoms with Crippen LogP contribution in [0.4, 0.5) is 5.69 Å². The van der Waals surface area contributed by atoms with E-state index >= 15 is 0 Å². The molecule has 0 amide bonds. The first-order valence-electron chi connectivity index (χ1n) is 5.62. The molecule has 0 aromatic heterocycles. The summed E-state index contributed by atoms with van der Waals surface area (Å²) in [6.07, 6.45) is 0. The van der Waals surface area contributed by atoms with Gasteiger partial charge >= 0.3 is 0 Å². The van der Waals surface area contributed by atoms with E-state index in [9.17, 15) is 0 Å². The molecule has 2 rings (SSSR count). The molecule has 0 heterocycles. The third-order valence-electron chi connectivity index (χ3n) is 3.14. The summed E-state index contributed by atoms with van der Waals surface area (Å²) in [4.78, 5) is 0. The molecule has 0 aliphatic carbocycles. The van der Waals surface area contributed by atoms with Gasteiger partial charge in [-0.25, -0.2) is 0 Å². The first-order chi connectivity index (χ1) is 7.99. The molecule has 0 radical (unpaired) electrons. The number of hydrogen-bond donors (Lipinski definition) is 1. The van der Waals surface area contributed by atoms with Gasteiger partial charge in [0.15, 0.2) is 0 Å². The fourth-order valence-electron chi connectivity index (χ4n) is 2.03. The van der Waals surface area contributed by atoms with Crippen molar-refractivity contribution < 1.29 is 0 Å². The Labute approximate surface area is 107 Å². The molecule has 0 saturated heterocycles. The van der Waals surface area contributed by atoms with Crippen LogP contribution < -0.4 is 5.73 Å². The summed E-state index contributed by atoms with van der Waals surface area (Å²) in [7, 11) is 0. The Bertz CT molecular complexity index is 573. The van der Waals surface area contributed by atoms with Crippen molar-refractivity contribution >= 4 is 17.3 Å². The highest BCUT2D eigenvalue weighted by molar-refractivity contribution is 6.31. The van der Waals surface area contributed by atoms with E-state index in [0.29, 0.717) is 5.02 Å². The summed E-state index contributed by atoms with van der Waals surface area (Å²) in [5.41, 5.74) is 12.8. The summed E-state index contributed by atoms with van der Waals surface area (Å²) >= 11 is 5.92. The second-order valence-electron chi connectivity index (χ2n) is 4.48. The lowest BCUT2D eigenvalue weighted by Crippen LogP contribution is -1.93. The van der Waals surface area contributed by atoms with Crippen LogP contribution in [0.5, 0.6) is 0 Å². The van der Waals surface area contributed by atoms with Crippen LogP contribution >= 0.6 is 11.6 Å². The Balaban J connectivity index is 2.64. The van der Waals surface area contributed by atoms with Gasteiger partial charge in [-0.2, -0.15) is 0 Å². The van der Waals surface area contributed by atoms with Gasteiger partial charge in [0.2, 0.25) is 0 Å². The van der Waals surface area contributed by atoms with Gasteiger partial charge in [-0.1, -0.05) is 29.8 Å². The lowest BCUT2D eigenvalue weighted by molar-refractivity contribution is 1.30. The van der Waals surface area contributed by atoms with Crippen LogP contribution in [0, 0.1) is 20.8 Å². The molecular formula is C15H16ClN. The normalized spacial score (nSPS) is 10.6. The topological polar surface area (TPSA) is 26.0 Å². The van der Waals surface area contributed by atoms with Gasteiger partial charge < -0.3 is 5.73 Å². The number of halogens is 1. The van der Waals surface area contributed by atoms with Crippen molar-refractivity contribution in [2.45, 2.75) is 20.8 Å². The van der Waals surface area contributed by atoms with Crippen LogP contribution in [-0.4, -0.2) is 0 Å². The minimum Gasteiger partial charge on any atom is -0.398 e. The van der Waals surface area contributed by atoms with Crippen LogP contribution in [0.3, 0.4) is 0 Å². The zero-order valence-corrected chi connectivity index (χ0v) is 11.1. The minimum absolute atomic E-state index is 0.674. The Kier molecular flexibility index (Phi) is 3.12. The summed E-state index contributed by atoms with van der Waals surface area (Å²) in [6.45, 7) is 6.34. The largest absolute Gasteiger partial charge is 0.398 e. The fraction of sp³-hybridized carbons (Fsp3) is 0.200.